The van der Waals surface area contributed by atoms with Gasteiger partial charge >= 0.3 is 6.18 Å². The van der Waals surface area contributed by atoms with Crippen molar-refractivity contribution in [3.05, 3.63) is 42.2 Å². The van der Waals surface area contributed by atoms with Crippen LogP contribution in [0.3, 0.4) is 0 Å². The van der Waals surface area contributed by atoms with Crippen molar-refractivity contribution in [3.8, 4) is 11.5 Å². The number of halogens is 5. The van der Waals surface area contributed by atoms with Gasteiger partial charge in [-0.05, 0) is 37.8 Å². The normalized spacial score (nSPS) is 18.3. The third-order valence-corrected chi connectivity index (χ3v) is 5.74. The number of nitrogens with one attached hydrogen (secondary N) is 2. The van der Waals surface area contributed by atoms with E-state index in [9.17, 15) is 31.5 Å². The van der Waals surface area contributed by atoms with Gasteiger partial charge in [-0.25, -0.2) is 18.7 Å². The highest BCUT2D eigenvalue weighted by molar-refractivity contribution is 6.03. The molecule has 0 saturated heterocycles. The first kappa shape index (κ1) is 25.3. The fourth-order valence-corrected chi connectivity index (χ4v) is 3.90. The lowest BCUT2D eigenvalue weighted by molar-refractivity contribution is -0.115. The van der Waals surface area contributed by atoms with E-state index in [-0.39, 0.29) is 40.6 Å². The molecule has 14 heteroatoms. The highest BCUT2D eigenvalue weighted by Crippen LogP contribution is 2.34. The molecule has 3 aromatic heterocycles. The molecule has 3 heterocycles. The summed E-state index contributed by atoms with van der Waals surface area (Å²) in [6, 6.07) is 2.51. The van der Waals surface area contributed by atoms with Crippen molar-refractivity contribution >= 4 is 23.7 Å². The molecule has 1 aliphatic carbocycles. The highest BCUT2D eigenvalue weighted by Gasteiger charge is 2.28. The molecule has 9 nitrogen and oxygen atoms in total. The Hall–Kier alpha value is -3.84. The number of pyridine rings is 1. The van der Waals surface area contributed by atoms with Gasteiger partial charge in [-0.1, -0.05) is 0 Å². The van der Waals surface area contributed by atoms with E-state index in [0.717, 1.165) is 12.5 Å². The van der Waals surface area contributed by atoms with Gasteiger partial charge in [0.1, 0.15) is 24.9 Å². The second kappa shape index (κ2) is 10.4. The summed E-state index contributed by atoms with van der Waals surface area (Å²) in [6.45, 7) is -1.29. The molecule has 36 heavy (non-hydrogen) atoms. The number of amides is 1. The number of carbonyl (C=O) groups excluding carboxylic acids is 2. The first-order valence-corrected chi connectivity index (χ1v) is 11.0. The monoisotopic (exact) mass is 512 g/mol. The summed E-state index contributed by atoms with van der Waals surface area (Å²) in [4.78, 5) is 31.4. The standard InChI is InChI=1S/C22H21F5N6O3/c23-19(24)18-15(8-33(32-18)14-3-1-12(9-34)2-4-14)30-20(35)16-10-36-21(31-16)13-5-6-28-17(7-13)29-11-22(25,26)27/h5-10,12,14,19H,1-4,11H2,(H,28,29)(H,30,35). The summed E-state index contributed by atoms with van der Waals surface area (Å²) in [5.41, 5.74) is -0.759. The third-order valence-electron chi connectivity index (χ3n) is 5.74. The fourth-order valence-electron chi connectivity index (χ4n) is 3.90. The fraction of sp³-hybridized carbons (Fsp3) is 0.409. The van der Waals surface area contributed by atoms with Crippen LogP contribution in [0.25, 0.3) is 11.5 Å². The number of hydrogen-bond acceptors (Lipinski definition) is 7. The zero-order valence-corrected chi connectivity index (χ0v) is 18.6. The predicted octanol–water partition coefficient (Wildman–Crippen LogP) is 5.03. The van der Waals surface area contributed by atoms with Gasteiger partial charge < -0.3 is 19.8 Å². The second-order valence-corrected chi connectivity index (χ2v) is 8.30. The largest absolute Gasteiger partial charge is 0.444 e. The topological polar surface area (TPSA) is 115 Å². The van der Waals surface area contributed by atoms with Crippen LogP contribution in [0.15, 0.2) is 35.2 Å². The minimum Gasteiger partial charge on any atom is -0.444 e. The second-order valence-electron chi connectivity index (χ2n) is 8.30. The van der Waals surface area contributed by atoms with Crippen molar-refractivity contribution in [2.24, 2.45) is 5.92 Å². The summed E-state index contributed by atoms with van der Waals surface area (Å²) in [6.07, 6.45) is -0.467. The Labute approximate surface area is 201 Å². The molecule has 1 saturated carbocycles. The van der Waals surface area contributed by atoms with Crippen LogP contribution in [-0.2, 0) is 4.79 Å². The van der Waals surface area contributed by atoms with E-state index in [2.05, 4.69) is 25.7 Å². The van der Waals surface area contributed by atoms with Crippen LogP contribution in [0, 0.1) is 5.92 Å². The molecule has 0 aliphatic heterocycles. The molecule has 0 bridgehead atoms. The lowest BCUT2D eigenvalue weighted by atomic mass is 9.87. The molecule has 4 rings (SSSR count). The quantitative estimate of drug-likeness (QED) is 0.321. The molecule has 3 aromatic rings. The van der Waals surface area contributed by atoms with E-state index in [4.69, 9.17) is 4.42 Å². The molecule has 0 aromatic carbocycles. The van der Waals surface area contributed by atoms with Crippen LogP contribution in [0.4, 0.5) is 33.5 Å². The Bertz CT molecular complexity index is 1220. The van der Waals surface area contributed by atoms with Crippen molar-refractivity contribution in [3.63, 3.8) is 0 Å². The molecule has 1 amide bonds. The van der Waals surface area contributed by atoms with Gasteiger partial charge in [-0.2, -0.15) is 18.3 Å². The maximum absolute atomic E-state index is 13.6. The van der Waals surface area contributed by atoms with E-state index in [1.54, 1.807) is 0 Å². The highest BCUT2D eigenvalue weighted by atomic mass is 19.4. The zero-order chi connectivity index (χ0) is 25.9. The number of anilines is 2. The summed E-state index contributed by atoms with van der Waals surface area (Å²) in [5.74, 6) is -1.04. The first-order valence-electron chi connectivity index (χ1n) is 11.0. The predicted molar refractivity (Wildman–Crippen MR) is 116 cm³/mol. The number of rotatable bonds is 8. The van der Waals surface area contributed by atoms with E-state index < -0.39 is 30.7 Å². The Morgan fingerprint density at radius 1 is 1.25 bits per heavy atom. The van der Waals surface area contributed by atoms with Gasteiger partial charge in [0, 0.05) is 23.9 Å². The van der Waals surface area contributed by atoms with Gasteiger partial charge in [0.05, 0.1) is 11.7 Å². The number of nitrogens with zero attached hydrogens (tertiary/aromatic N) is 4. The summed E-state index contributed by atoms with van der Waals surface area (Å²) in [7, 11) is 0. The van der Waals surface area contributed by atoms with Crippen LogP contribution in [0.2, 0.25) is 0 Å². The minimum absolute atomic E-state index is 0.0520. The van der Waals surface area contributed by atoms with Gasteiger partial charge in [-0.15, -0.1) is 0 Å². The van der Waals surface area contributed by atoms with Crippen LogP contribution >= 0.6 is 0 Å². The van der Waals surface area contributed by atoms with Crippen molar-refractivity contribution in [1.82, 2.24) is 19.7 Å². The molecule has 0 radical (unpaired) electrons. The van der Waals surface area contributed by atoms with E-state index in [0.29, 0.717) is 25.7 Å². The number of hydrogen-bond donors (Lipinski definition) is 2. The molecular weight excluding hydrogens is 491 g/mol. The van der Waals surface area contributed by atoms with Crippen molar-refractivity contribution in [2.75, 3.05) is 17.2 Å². The van der Waals surface area contributed by atoms with E-state index in [1.165, 1.54) is 29.2 Å². The van der Waals surface area contributed by atoms with Gasteiger partial charge in [0.2, 0.25) is 5.89 Å². The Balaban J connectivity index is 1.47. The Morgan fingerprint density at radius 3 is 2.67 bits per heavy atom. The first-order chi connectivity index (χ1) is 17.1. The third kappa shape index (κ3) is 6.04. The van der Waals surface area contributed by atoms with Crippen LogP contribution in [0.5, 0.6) is 0 Å². The SMILES string of the molecule is O=CC1CCC(n2cc(NC(=O)c3coc(-c4ccnc(NCC(F)(F)F)c4)n3)c(C(F)F)n2)CC1. The number of oxazole rings is 1. The Kier molecular flexibility index (Phi) is 7.31. The van der Waals surface area contributed by atoms with Crippen LogP contribution in [0.1, 0.15) is 54.3 Å². The maximum Gasteiger partial charge on any atom is 0.405 e. The van der Waals surface area contributed by atoms with Gasteiger partial charge in [0.15, 0.2) is 11.4 Å². The lowest BCUT2D eigenvalue weighted by Gasteiger charge is -2.25. The summed E-state index contributed by atoms with van der Waals surface area (Å²) in [5, 5.41) is 8.45. The molecule has 0 unspecified atom stereocenters. The van der Waals surface area contributed by atoms with Crippen molar-refractivity contribution < 1.29 is 36.0 Å². The molecule has 1 fully saturated rings. The summed E-state index contributed by atoms with van der Waals surface area (Å²) >= 11 is 0. The van der Waals surface area contributed by atoms with E-state index >= 15 is 0 Å². The van der Waals surface area contributed by atoms with Gasteiger partial charge in [-0.3, -0.25) is 9.48 Å². The lowest BCUT2D eigenvalue weighted by Crippen LogP contribution is -2.21. The maximum atomic E-state index is 13.6. The number of aldehydes is 1. The van der Waals surface area contributed by atoms with Crippen molar-refractivity contribution in [2.45, 2.75) is 44.3 Å². The zero-order valence-electron chi connectivity index (χ0n) is 18.6. The van der Waals surface area contributed by atoms with Crippen LogP contribution in [-0.4, -0.2) is 44.7 Å². The molecule has 1 aliphatic rings. The minimum atomic E-state index is -4.44. The smallest absolute Gasteiger partial charge is 0.405 e. The van der Waals surface area contributed by atoms with Crippen LogP contribution < -0.4 is 10.6 Å². The molecule has 2 N–H and O–H groups in total. The summed E-state index contributed by atoms with van der Waals surface area (Å²) < 4.78 is 71.1. The molecule has 0 spiro atoms. The number of carbonyl (C=O) groups is 2. The number of alkyl halides is 5. The molecular formula is C22H21F5N6O3. The van der Waals surface area contributed by atoms with Gasteiger partial charge in [0.25, 0.3) is 12.3 Å². The molecule has 192 valence electrons. The Morgan fingerprint density at radius 2 is 2.00 bits per heavy atom. The molecule has 0 atom stereocenters. The van der Waals surface area contributed by atoms with Crippen molar-refractivity contribution in [1.29, 1.82) is 0 Å². The average Bonchev–Trinajstić information content (AvgIpc) is 3.51. The average molecular weight is 512 g/mol. The van der Waals surface area contributed by atoms with E-state index in [1.807, 2.05) is 0 Å². The number of aromatic nitrogens is 4.